The van der Waals surface area contributed by atoms with E-state index in [-0.39, 0.29) is 24.2 Å². The van der Waals surface area contributed by atoms with Gasteiger partial charge >= 0.3 is 0 Å². The molecule has 0 spiro atoms. The number of sulfone groups is 1. The summed E-state index contributed by atoms with van der Waals surface area (Å²) in [5, 5.41) is 11.4. The molecule has 0 aliphatic rings. The van der Waals surface area contributed by atoms with E-state index in [9.17, 15) is 13.5 Å². The van der Waals surface area contributed by atoms with Gasteiger partial charge in [0.15, 0.2) is 9.84 Å². The first-order chi connectivity index (χ1) is 12.3. The summed E-state index contributed by atoms with van der Waals surface area (Å²) in [5.41, 5.74) is 3.68. The van der Waals surface area contributed by atoms with Gasteiger partial charge in [0.1, 0.15) is 0 Å². The molecule has 0 aliphatic carbocycles. The maximum atomic E-state index is 11.7. The Bertz CT molecular complexity index is 1010. The number of fused-ring (bicyclic) bond motifs is 1. The van der Waals surface area contributed by atoms with E-state index >= 15 is 0 Å². The van der Waals surface area contributed by atoms with E-state index in [1.54, 1.807) is 0 Å². The Hall–Kier alpha value is -1.82. The van der Waals surface area contributed by atoms with E-state index in [0.29, 0.717) is 5.02 Å². The zero-order chi connectivity index (χ0) is 18.9. The van der Waals surface area contributed by atoms with Crippen LogP contribution in [0.5, 0.6) is 0 Å². The zero-order valence-corrected chi connectivity index (χ0v) is 16.3. The standard InChI is InChI=1S/C20H22ClNO3S/c1-13(11-23)19(14-6-8-16(21)9-7-14)18-10-22-20-15(12-26(2,24)25)4-3-5-17(18)20/h3-10,13,19,22-23H,11-12H2,1-2H3. The second-order valence-electron chi connectivity index (χ2n) is 6.84. The van der Waals surface area contributed by atoms with Crippen molar-refractivity contribution < 1.29 is 13.5 Å². The minimum absolute atomic E-state index is 0.00580. The average molecular weight is 392 g/mol. The molecule has 138 valence electrons. The van der Waals surface area contributed by atoms with E-state index in [2.05, 4.69) is 4.98 Å². The number of H-pyrrole nitrogens is 1. The van der Waals surface area contributed by atoms with Crippen molar-refractivity contribution in [2.75, 3.05) is 12.9 Å². The molecule has 0 saturated heterocycles. The van der Waals surface area contributed by atoms with Gasteiger partial charge in [0, 0.05) is 40.9 Å². The zero-order valence-electron chi connectivity index (χ0n) is 14.7. The predicted molar refractivity (Wildman–Crippen MR) is 106 cm³/mol. The van der Waals surface area contributed by atoms with Gasteiger partial charge < -0.3 is 10.1 Å². The quantitative estimate of drug-likeness (QED) is 0.663. The number of para-hydroxylation sites is 1. The summed E-state index contributed by atoms with van der Waals surface area (Å²) < 4.78 is 23.5. The molecular weight excluding hydrogens is 370 g/mol. The van der Waals surface area contributed by atoms with E-state index < -0.39 is 9.84 Å². The Labute approximate surface area is 158 Å². The minimum atomic E-state index is -3.13. The van der Waals surface area contributed by atoms with Crippen LogP contribution in [0.3, 0.4) is 0 Å². The first-order valence-electron chi connectivity index (χ1n) is 8.43. The molecule has 26 heavy (non-hydrogen) atoms. The summed E-state index contributed by atoms with van der Waals surface area (Å²) in [5.74, 6) is -0.0425. The van der Waals surface area contributed by atoms with Gasteiger partial charge in [-0.2, -0.15) is 0 Å². The summed E-state index contributed by atoms with van der Waals surface area (Å²) in [6.07, 6.45) is 3.15. The Morgan fingerprint density at radius 2 is 1.85 bits per heavy atom. The molecule has 6 heteroatoms. The lowest BCUT2D eigenvalue weighted by atomic mass is 9.82. The summed E-state index contributed by atoms with van der Waals surface area (Å²) in [7, 11) is -3.13. The second kappa shape index (κ2) is 7.43. The van der Waals surface area contributed by atoms with Crippen molar-refractivity contribution in [3.05, 3.63) is 70.4 Å². The summed E-state index contributed by atoms with van der Waals surface area (Å²) in [6.45, 7) is 2.04. The number of aliphatic hydroxyl groups is 1. The lowest BCUT2D eigenvalue weighted by Gasteiger charge is -2.23. The van der Waals surface area contributed by atoms with Crippen molar-refractivity contribution in [1.82, 2.24) is 4.98 Å². The van der Waals surface area contributed by atoms with Crippen LogP contribution in [0.2, 0.25) is 5.02 Å². The highest BCUT2D eigenvalue weighted by Gasteiger charge is 2.24. The van der Waals surface area contributed by atoms with E-state index in [0.717, 1.165) is 27.6 Å². The number of nitrogens with one attached hydrogen (secondary N) is 1. The van der Waals surface area contributed by atoms with Crippen LogP contribution in [0.4, 0.5) is 0 Å². The molecule has 2 aromatic carbocycles. The van der Waals surface area contributed by atoms with Crippen LogP contribution in [0, 0.1) is 5.92 Å². The third-order valence-electron chi connectivity index (χ3n) is 4.67. The minimum Gasteiger partial charge on any atom is -0.396 e. The molecule has 4 nitrogen and oxygen atoms in total. The van der Waals surface area contributed by atoms with Crippen molar-refractivity contribution in [3.63, 3.8) is 0 Å². The van der Waals surface area contributed by atoms with Crippen molar-refractivity contribution in [3.8, 4) is 0 Å². The largest absolute Gasteiger partial charge is 0.396 e. The van der Waals surface area contributed by atoms with Gasteiger partial charge in [-0.15, -0.1) is 0 Å². The van der Waals surface area contributed by atoms with Crippen LogP contribution in [0.1, 0.15) is 29.5 Å². The average Bonchev–Trinajstić information content (AvgIpc) is 3.00. The van der Waals surface area contributed by atoms with Crippen LogP contribution < -0.4 is 0 Å². The van der Waals surface area contributed by atoms with Crippen molar-refractivity contribution in [2.45, 2.75) is 18.6 Å². The fraction of sp³-hybridized carbons (Fsp3) is 0.300. The third-order valence-corrected chi connectivity index (χ3v) is 5.76. The Balaban J connectivity index is 2.14. The molecule has 0 saturated carbocycles. The topological polar surface area (TPSA) is 70.2 Å². The normalized spacial score (nSPS) is 14.5. The van der Waals surface area contributed by atoms with Crippen LogP contribution in [0.15, 0.2) is 48.7 Å². The summed E-state index contributed by atoms with van der Waals surface area (Å²) >= 11 is 6.02. The highest BCUT2D eigenvalue weighted by molar-refractivity contribution is 7.89. The second-order valence-corrected chi connectivity index (χ2v) is 9.42. The molecule has 2 N–H and O–H groups in total. The van der Waals surface area contributed by atoms with Gasteiger partial charge in [0.2, 0.25) is 0 Å². The Morgan fingerprint density at radius 3 is 2.46 bits per heavy atom. The van der Waals surface area contributed by atoms with E-state index in [1.807, 2.05) is 55.6 Å². The molecular formula is C20H22ClNO3S. The monoisotopic (exact) mass is 391 g/mol. The van der Waals surface area contributed by atoms with Gasteiger partial charge in [0.25, 0.3) is 0 Å². The molecule has 3 rings (SSSR count). The number of halogens is 1. The van der Waals surface area contributed by atoms with Crippen LogP contribution in [-0.2, 0) is 15.6 Å². The smallest absolute Gasteiger partial charge is 0.151 e. The number of aliphatic hydroxyl groups excluding tert-OH is 1. The van der Waals surface area contributed by atoms with Crippen molar-refractivity contribution in [2.24, 2.45) is 5.92 Å². The molecule has 0 bridgehead atoms. The van der Waals surface area contributed by atoms with Crippen LogP contribution in [-0.4, -0.2) is 31.4 Å². The van der Waals surface area contributed by atoms with Crippen molar-refractivity contribution in [1.29, 1.82) is 0 Å². The molecule has 2 atom stereocenters. The molecule has 0 fully saturated rings. The first kappa shape index (κ1) is 19.0. The van der Waals surface area contributed by atoms with Crippen LogP contribution in [0.25, 0.3) is 10.9 Å². The SMILES string of the molecule is CC(CO)C(c1ccc(Cl)cc1)c1c[nH]c2c(CS(C)(=O)=O)cccc12. The van der Waals surface area contributed by atoms with Gasteiger partial charge in [0.05, 0.1) is 5.75 Å². The molecule has 0 amide bonds. The van der Waals surface area contributed by atoms with Crippen molar-refractivity contribution >= 4 is 32.3 Å². The number of aromatic amines is 1. The van der Waals surface area contributed by atoms with Crippen LogP contribution >= 0.6 is 11.6 Å². The summed E-state index contributed by atoms with van der Waals surface area (Å²) in [6, 6.07) is 13.3. The fourth-order valence-corrected chi connectivity index (χ4v) is 4.42. The number of aromatic nitrogens is 1. The Kier molecular flexibility index (Phi) is 5.42. The number of benzene rings is 2. The van der Waals surface area contributed by atoms with Gasteiger partial charge in [-0.1, -0.05) is 48.9 Å². The molecule has 3 aromatic rings. The molecule has 0 aliphatic heterocycles. The lowest BCUT2D eigenvalue weighted by molar-refractivity contribution is 0.225. The maximum Gasteiger partial charge on any atom is 0.151 e. The molecule has 2 unspecified atom stereocenters. The molecule has 1 heterocycles. The number of hydrogen-bond donors (Lipinski definition) is 2. The van der Waals surface area contributed by atoms with Gasteiger partial charge in [-0.3, -0.25) is 0 Å². The maximum absolute atomic E-state index is 11.7. The molecule has 1 aromatic heterocycles. The van der Waals surface area contributed by atoms with Gasteiger partial charge in [-0.05, 0) is 34.7 Å². The lowest BCUT2D eigenvalue weighted by Crippen LogP contribution is -2.14. The predicted octanol–water partition coefficient (Wildman–Crippen LogP) is 4.13. The highest BCUT2D eigenvalue weighted by atomic mass is 35.5. The highest BCUT2D eigenvalue weighted by Crippen LogP contribution is 2.37. The van der Waals surface area contributed by atoms with E-state index in [4.69, 9.17) is 11.6 Å². The number of hydrogen-bond acceptors (Lipinski definition) is 3. The summed E-state index contributed by atoms with van der Waals surface area (Å²) in [4.78, 5) is 3.25. The Morgan fingerprint density at radius 1 is 1.15 bits per heavy atom. The number of rotatable bonds is 6. The van der Waals surface area contributed by atoms with E-state index in [1.165, 1.54) is 6.26 Å². The fourth-order valence-electron chi connectivity index (χ4n) is 3.49. The molecule has 0 radical (unpaired) electrons. The third kappa shape index (κ3) is 3.95. The van der Waals surface area contributed by atoms with Gasteiger partial charge in [-0.25, -0.2) is 8.42 Å². The first-order valence-corrected chi connectivity index (χ1v) is 10.9.